The van der Waals surface area contributed by atoms with Crippen LogP contribution in [-0.2, 0) is 0 Å². The third-order valence-electron chi connectivity index (χ3n) is 4.07. The molecule has 0 heterocycles. The quantitative estimate of drug-likeness (QED) is 0.645. The number of hydrogen-bond donors (Lipinski definition) is 2. The molecule has 1 aliphatic rings. The number of nitrogens with one attached hydrogen (secondary N) is 2. The predicted molar refractivity (Wildman–Crippen MR) is 81.5 cm³/mol. The van der Waals surface area contributed by atoms with Gasteiger partial charge in [0.05, 0.1) is 4.92 Å². The van der Waals surface area contributed by atoms with E-state index in [0.29, 0.717) is 17.2 Å². The lowest BCUT2D eigenvalue weighted by Gasteiger charge is -2.13. The van der Waals surface area contributed by atoms with E-state index in [4.69, 9.17) is 0 Å². The molecule has 1 fully saturated rings. The van der Waals surface area contributed by atoms with Gasteiger partial charge >= 0.3 is 0 Å². The Kier molecular flexibility index (Phi) is 4.77. The van der Waals surface area contributed by atoms with E-state index in [2.05, 4.69) is 17.6 Å². The number of nitro groups is 1. The smallest absolute Gasteiger partial charge is 0.293 e. The van der Waals surface area contributed by atoms with Crippen molar-refractivity contribution in [3.63, 3.8) is 0 Å². The van der Waals surface area contributed by atoms with Gasteiger partial charge in [-0.15, -0.1) is 0 Å². The highest BCUT2D eigenvalue weighted by Gasteiger charge is 2.22. The van der Waals surface area contributed by atoms with Crippen LogP contribution in [0.4, 0.5) is 11.4 Å². The summed E-state index contributed by atoms with van der Waals surface area (Å²) in [5, 5.41) is 16.8. The first-order valence-corrected chi connectivity index (χ1v) is 7.25. The maximum absolute atomic E-state index is 11.5. The fourth-order valence-corrected chi connectivity index (χ4v) is 2.88. The average molecular weight is 291 g/mol. The fourth-order valence-electron chi connectivity index (χ4n) is 2.88. The maximum Gasteiger partial charge on any atom is 0.293 e. The van der Waals surface area contributed by atoms with E-state index >= 15 is 0 Å². The van der Waals surface area contributed by atoms with Crippen LogP contribution >= 0.6 is 0 Å². The van der Waals surface area contributed by atoms with E-state index in [9.17, 15) is 14.9 Å². The molecule has 0 aromatic heterocycles. The second kappa shape index (κ2) is 6.56. The van der Waals surface area contributed by atoms with Gasteiger partial charge in [0.15, 0.2) is 0 Å². The number of carbonyl (C=O) groups is 1. The predicted octanol–water partition coefficient (Wildman–Crippen LogP) is 2.80. The van der Waals surface area contributed by atoms with E-state index < -0.39 is 4.92 Å². The lowest BCUT2D eigenvalue weighted by atomic mass is 10.1. The molecule has 0 aliphatic heterocycles. The van der Waals surface area contributed by atoms with E-state index in [1.807, 2.05) is 0 Å². The highest BCUT2D eigenvalue weighted by Crippen LogP contribution is 2.32. The second-order valence-electron chi connectivity index (χ2n) is 5.73. The third kappa shape index (κ3) is 3.71. The number of rotatable bonds is 5. The monoisotopic (exact) mass is 291 g/mol. The highest BCUT2D eigenvalue weighted by atomic mass is 16.6. The Morgan fingerprint density at radius 3 is 2.76 bits per heavy atom. The molecule has 2 unspecified atom stereocenters. The van der Waals surface area contributed by atoms with Crippen LogP contribution in [0, 0.1) is 22.0 Å². The minimum Gasteiger partial charge on any atom is -0.379 e. The fraction of sp³-hybridized carbons (Fsp3) is 0.533. The van der Waals surface area contributed by atoms with Gasteiger partial charge in [0.2, 0.25) is 0 Å². The van der Waals surface area contributed by atoms with Gasteiger partial charge in [-0.05, 0) is 36.8 Å². The molecule has 6 heteroatoms. The van der Waals surface area contributed by atoms with Crippen LogP contribution in [0.2, 0.25) is 0 Å². The summed E-state index contributed by atoms with van der Waals surface area (Å²) in [4.78, 5) is 22.3. The Hall–Kier alpha value is -2.11. The first kappa shape index (κ1) is 15.3. The molecule has 1 amide bonds. The molecular formula is C15H21N3O3. The molecule has 1 aromatic carbocycles. The standard InChI is InChI=1S/C15H21N3O3/c1-10-3-4-11(7-10)9-17-13-6-5-12(15(19)16-2)8-14(13)18(20)21/h5-6,8,10-11,17H,3-4,7,9H2,1-2H3,(H,16,19). The molecular weight excluding hydrogens is 270 g/mol. The maximum atomic E-state index is 11.5. The van der Waals surface area contributed by atoms with E-state index in [-0.39, 0.29) is 11.6 Å². The number of nitrogens with zero attached hydrogens (tertiary/aromatic N) is 1. The van der Waals surface area contributed by atoms with Gasteiger partial charge in [0.1, 0.15) is 5.69 Å². The van der Waals surface area contributed by atoms with Crippen molar-refractivity contribution in [1.29, 1.82) is 0 Å². The second-order valence-corrected chi connectivity index (χ2v) is 5.73. The third-order valence-corrected chi connectivity index (χ3v) is 4.07. The molecule has 2 atom stereocenters. The molecule has 0 spiro atoms. The zero-order valence-electron chi connectivity index (χ0n) is 12.4. The molecule has 2 rings (SSSR count). The van der Waals surface area contributed by atoms with Crippen LogP contribution in [0.15, 0.2) is 18.2 Å². The summed E-state index contributed by atoms with van der Waals surface area (Å²) in [6, 6.07) is 4.53. The van der Waals surface area contributed by atoms with Crippen molar-refractivity contribution < 1.29 is 9.72 Å². The van der Waals surface area contributed by atoms with Gasteiger partial charge in [0, 0.05) is 25.2 Å². The van der Waals surface area contributed by atoms with Crippen LogP contribution in [0.3, 0.4) is 0 Å². The van der Waals surface area contributed by atoms with Crippen molar-refractivity contribution in [2.45, 2.75) is 26.2 Å². The van der Waals surface area contributed by atoms with Crippen molar-refractivity contribution in [3.8, 4) is 0 Å². The lowest BCUT2D eigenvalue weighted by Crippen LogP contribution is -2.18. The molecule has 0 bridgehead atoms. The van der Waals surface area contributed by atoms with Gasteiger partial charge in [0.25, 0.3) is 11.6 Å². The van der Waals surface area contributed by atoms with Crippen LogP contribution in [-0.4, -0.2) is 24.4 Å². The lowest BCUT2D eigenvalue weighted by molar-refractivity contribution is -0.384. The van der Waals surface area contributed by atoms with Gasteiger partial charge in [-0.1, -0.05) is 13.3 Å². The van der Waals surface area contributed by atoms with Crippen LogP contribution in [0.5, 0.6) is 0 Å². The molecule has 2 N–H and O–H groups in total. The van der Waals surface area contributed by atoms with Crippen molar-refractivity contribution in [1.82, 2.24) is 5.32 Å². The molecule has 6 nitrogen and oxygen atoms in total. The highest BCUT2D eigenvalue weighted by molar-refractivity contribution is 5.95. The number of carbonyl (C=O) groups excluding carboxylic acids is 1. The molecule has 0 saturated heterocycles. The Bertz CT molecular complexity index is 545. The Labute approximate surface area is 124 Å². The van der Waals surface area contributed by atoms with Crippen molar-refractivity contribution in [2.75, 3.05) is 18.9 Å². The Balaban J connectivity index is 2.11. The first-order chi connectivity index (χ1) is 10.0. The molecule has 114 valence electrons. The minimum absolute atomic E-state index is 0.0536. The van der Waals surface area contributed by atoms with Crippen LogP contribution in [0.25, 0.3) is 0 Å². The van der Waals surface area contributed by atoms with Gasteiger partial charge in [-0.2, -0.15) is 0 Å². The van der Waals surface area contributed by atoms with Crippen molar-refractivity contribution in [3.05, 3.63) is 33.9 Å². The zero-order chi connectivity index (χ0) is 15.4. The van der Waals surface area contributed by atoms with E-state index in [1.54, 1.807) is 12.1 Å². The summed E-state index contributed by atoms with van der Waals surface area (Å²) in [7, 11) is 1.50. The summed E-state index contributed by atoms with van der Waals surface area (Å²) in [5.41, 5.74) is 0.721. The SMILES string of the molecule is CNC(=O)c1ccc(NCC2CCC(C)C2)c([N+](=O)[O-])c1. The summed E-state index contributed by atoms with van der Waals surface area (Å²) < 4.78 is 0. The van der Waals surface area contributed by atoms with E-state index in [1.165, 1.54) is 19.5 Å². The summed E-state index contributed by atoms with van der Waals surface area (Å²) in [5.74, 6) is 0.981. The number of benzene rings is 1. The molecule has 0 radical (unpaired) electrons. The number of anilines is 1. The van der Waals surface area contributed by atoms with Crippen molar-refractivity contribution >= 4 is 17.3 Å². The Morgan fingerprint density at radius 1 is 1.43 bits per heavy atom. The van der Waals surface area contributed by atoms with Gasteiger partial charge in [-0.3, -0.25) is 14.9 Å². The summed E-state index contributed by atoms with van der Waals surface area (Å²) in [6.07, 6.45) is 3.56. The first-order valence-electron chi connectivity index (χ1n) is 7.25. The number of hydrogen-bond acceptors (Lipinski definition) is 4. The zero-order valence-corrected chi connectivity index (χ0v) is 12.4. The average Bonchev–Trinajstić information content (AvgIpc) is 2.89. The summed E-state index contributed by atoms with van der Waals surface area (Å²) >= 11 is 0. The molecule has 1 aromatic rings. The number of nitro benzene ring substituents is 1. The Morgan fingerprint density at radius 2 is 2.19 bits per heavy atom. The minimum atomic E-state index is -0.452. The molecule has 1 aliphatic carbocycles. The topological polar surface area (TPSA) is 84.3 Å². The van der Waals surface area contributed by atoms with Crippen LogP contribution in [0.1, 0.15) is 36.5 Å². The van der Waals surface area contributed by atoms with E-state index in [0.717, 1.165) is 25.3 Å². The molecule has 21 heavy (non-hydrogen) atoms. The normalized spacial score (nSPS) is 21.0. The molecule has 1 saturated carbocycles. The van der Waals surface area contributed by atoms with Gasteiger partial charge < -0.3 is 10.6 Å². The summed E-state index contributed by atoms with van der Waals surface area (Å²) in [6.45, 7) is 2.98. The van der Waals surface area contributed by atoms with Crippen LogP contribution < -0.4 is 10.6 Å². The number of amides is 1. The largest absolute Gasteiger partial charge is 0.379 e. The van der Waals surface area contributed by atoms with Crippen molar-refractivity contribution in [2.24, 2.45) is 11.8 Å². The van der Waals surface area contributed by atoms with Gasteiger partial charge in [-0.25, -0.2) is 0 Å².